The highest BCUT2D eigenvalue weighted by Crippen LogP contribution is 2.17. The molecule has 3 rings (SSSR count). The summed E-state index contributed by atoms with van der Waals surface area (Å²) in [6.45, 7) is 6.12. The smallest absolute Gasteiger partial charge is 0.257 e. The normalized spacial score (nSPS) is 17.7. The van der Waals surface area contributed by atoms with Crippen molar-refractivity contribution in [1.29, 1.82) is 0 Å². The summed E-state index contributed by atoms with van der Waals surface area (Å²) in [5.74, 6) is -0.293. The lowest BCUT2D eigenvalue weighted by Crippen LogP contribution is -2.51. The molecule has 1 fully saturated rings. The lowest BCUT2D eigenvalue weighted by Gasteiger charge is -2.31. The van der Waals surface area contributed by atoms with Gasteiger partial charge in [0.1, 0.15) is 5.82 Å². The van der Waals surface area contributed by atoms with Gasteiger partial charge in [0.25, 0.3) is 5.91 Å². The van der Waals surface area contributed by atoms with Crippen molar-refractivity contribution >= 4 is 18.3 Å². The molecule has 0 spiro atoms. The lowest BCUT2D eigenvalue weighted by molar-refractivity contribution is 0.0708. The number of hydrogen-bond donors (Lipinski definition) is 1. The zero-order valence-electron chi connectivity index (χ0n) is 13.1. The van der Waals surface area contributed by atoms with Gasteiger partial charge in [0.15, 0.2) is 0 Å². The van der Waals surface area contributed by atoms with E-state index in [0.29, 0.717) is 24.7 Å². The Bertz CT molecular complexity index is 686. The summed E-state index contributed by atoms with van der Waals surface area (Å²) >= 11 is 0. The maximum atomic E-state index is 13.0. The Balaban J connectivity index is 0.00000192. The number of carbonyl (C=O) groups excluding carboxylic acids is 1. The van der Waals surface area contributed by atoms with Crippen LogP contribution in [0.15, 0.2) is 30.5 Å². The van der Waals surface area contributed by atoms with Gasteiger partial charge in [-0.15, -0.1) is 12.4 Å². The van der Waals surface area contributed by atoms with E-state index in [1.807, 2.05) is 11.8 Å². The summed E-state index contributed by atoms with van der Waals surface area (Å²) in [7, 11) is 0. The third-order valence-corrected chi connectivity index (χ3v) is 3.97. The van der Waals surface area contributed by atoms with Gasteiger partial charge in [-0.25, -0.2) is 9.07 Å². The molecule has 2 aromatic rings. The molecule has 1 aromatic carbocycles. The molecule has 5 nitrogen and oxygen atoms in total. The van der Waals surface area contributed by atoms with E-state index < -0.39 is 0 Å². The molecule has 7 heteroatoms. The first-order valence-corrected chi connectivity index (χ1v) is 7.39. The topological polar surface area (TPSA) is 50.2 Å². The second-order valence-electron chi connectivity index (χ2n) is 5.64. The molecular formula is C16H20ClFN4O. The molecule has 1 unspecified atom stereocenters. The Hall–Kier alpha value is -1.92. The third kappa shape index (κ3) is 3.54. The van der Waals surface area contributed by atoms with Gasteiger partial charge >= 0.3 is 0 Å². The van der Waals surface area contributed by atoms with Gasteiger partial charge in [0, 0.05) is 25.7 Å². The first-order chi connectivity index (χ1) is 10.6. The van der Waals surface area contributed by atoms with Crippen LogP contribution >= 0.6 is 12.4 Å². The molecule has 0 bridgehead atoms. The maximum Gasteiger partial charge on any atom is 0.257 e. The van der Waals surface area contributed by atoms with Crippen molar-refractivity contribution in [3.63, 3.8) is 0 Å². The quantitative estimate of drug-likeness (QED) is 0.913. The number of aromatic nitrogens is 2. The molecule has 1 aromatic heterocycles. The number of amides is 1. The van der Waals surface area contributed by atoms with Crippen molar-refractivity contribution in [3.05, 3.63) is 47.5 Å². The van der Waals surface area contributed by atoms with Crippen LogP contribution in [0.2, 0.25) is 0 Å². The minimum Gasteiger partial charge on any atom is -0.336 e. The zero-order chi connectivity index (χ0) is 15.7. The summed E-state index contributed by atoms with van der Waals surface area (Å²) in [5.41, 5.74) is 2.10. The Labute approximate surface area is 140 Å². The van der Waals surface area contributed by atoms with E-state index in [9.17, 15) is 9.18 Å². The fourth-order valence-electron chi connectivity index (χ4n) is 2.75. The monoisotopic (exact) mass is 338 g/mol. The van der Waals surface area contributed by atoms with Gasteiger partial charge in [-0.3, -0.25) is 4.79 Å². The van der Waals surface area contributed by atoms with Crippen molar-refractivity contribution in [2.45, 2.75) is 19.9 Å². The molecule has 124 valence electrons. The van der Waals surface area contributed by atoms with Crippen molar-refractivity contribution in [3.8, 4) is 5.69 Å². The van der Waals surface area contributed by atoms with Crippen LogP contribution in [0.4, 0.5) is 4.39 Å². The van der Waals surface area contributed by atoms with Crippen LogP contribution in [-0.2, 0) is 0 Å². The van der Waals surface area contributed by atoms with E-state index in [-0.39, 0.29) is 24.1 Å². The summed E-state index contributed by atoms with van der Waals surface area (Å²) in [6.07, 6.45) is 1.59. The highest BCUT2D eigenvalue weighted by Gasteiger charge is 2.24. The Kier molecular flexibility index (Phi) is 5.38. The van der Waals surface area contributed by atoms with Crippen molar-refractivity contribution in [1.82, 2.24) is 20.0 Å². The second kappa shape index (κ2) is 7.10. The molecule has 1 aliphatic heterocycles. The van der Waals surface area contributed by atoms with Crippen LogP contribution in [0.1, 0.15) is 23.0 Å². The number of rotatable bonds is 2. The van der Waals surface area contributed by atoms with Gasteiger partial charge in [-0.2, -0.15) is 5.10 Å². The number of benzene rings is 1. The number of carbonyl (C=O) groups is 1. The molecule has 2 heterocycles. The SMILES string of the molecule is Cc1c(C(=O)N2CCNC(C)C2)cnn1-c1ccc(F)cc1.Cl. The molecule has 0 radical (unpaired) electrons. The van der Waals surface area contributed by atoms with Gasteiger partial charge in [0.2, 0.25) is 0 Å². The minimum atomic E-state index is -0.292. The minimum absolute atomic E-state index is 0. The van der Waals surface area contributed by atoms with Gasteiger partial charge in [-0.1, -0.05) is 0 Å². The summed E-state index contributed by atoms with van der Waals surface area (Å²) in [5, 5.41) is 7.60. The highest BCUT2D eigenvalue weighted by atomic mass is 35.5. The largest absolute Gasteiger partial charge is 0.336 e. The van der Waals surface area contributed by atoms with E-state index in [4.69, 9.17) is 0 Å². The molecule has 1 N–H and O–H groups in total. The number of nitrogens with one attached hydrogen (secondary N) is 1. The predicted octanol–water partition coefficient (Wildman–Crippen LogP) is 2.18. The van der Waals surface area contributed by atoms with Crippen molar-refractivity contribution in [2.75, 3.05) is 19.6 Å². The van der Waals surface area contributed by atoms with E-state index in [1.54, 1.807) is 23.0 Å². The molecule has 0 saturated carbocycles. The van der Waals surface area contributed by atoms with Crippen LogP contribution in [0.3, 0.4) is 0 Å². The number of nitrogens with zero attached hydrogens (tertiary/aromatic N) is 3. The van der Waals surface area contributed by atoms with Crippen LogP contribution in [-0.4, -0.2) is 46.3 Å². The van der Waals surface area contributed by atoms with Crippen LogP contribution in [0.5, 0.6) is 0 Å². The molecule has 1 aliphatic rings. The number of piperazine rings is 1. The van der Waals surface area contributed by atoms with Crippen LogP contribution in [0.25, 0.3) is 5.69 Å². The van der Waals surface area contributed by atoms with E-state index >= 15 is 0 Å². The summed E-state index contributed by atoms with van der Waals surface area (Å²) in [6, 6.07) is 6.36. The van der Waals surface area contributed by atoms with Crippen molar-refractivity contribution < 1.29 is 9.18 Å². The number of halogens is 2. The summed E-state index contributed by atoms with van der Waals surface area (Å²) in [4.78, 5) is 14.5. The molecule has 1 amide bonds. The molecular weight excluding hydrogens is 319 g/mol. The number of hydrogen-bond acceptors (Lipinski definition) is 3. The predicted molar refractivity (Wildman–Crippen MR) is 88.9 cm³/mol. The Morgan fingerprint density at radius 1 is 1.35 bits per heavy atom. The van der Waals surface area contributed by atoms with Crippen LogP contribution in [0, 0.1) is 12.7 Å². The Morgan fingerprint density at radius 3 is 2.70 bits per heavy atom. The second-order valence-corrected chi connectivity index (χ2v) is 5.64. The highest BCUT2D eigenvalue weighted by molar-refractivity contribution is 5.95. The lowest BCUT2D eigenvalue weighted by atomic mass is 10.1. The van der Waals surface area contributed by atoms with Gasteiger partial charge in [0.05, 0.1) is 23.1 Å². The molecule has 23 heavy (non-hydrogen) atoms. The first-order valence-electron chi connectivity index (χ1n) is 7.39. The van der Waals surface area contributed by atoms with E-state index in [1.165, 1.54) is 12.1 Å². The van der Waals surface area contributed by atoms with Crippen LogP contribution < -0.4 is 5.32 Å². The van der Waals surface area contributed by atoms with Crippen molar-refractivity contribution in [2.24, 2.45) is 0 Å². The fourth-order valence-corrected chi connectivity index (χ4v) is 2.75. The molecule has 1 atom stereocenters. The maximum absolute atomic E-state index is 13.0. The van der Waals surface area contributed by atoms with E-state index in [0.717, 1.165) is 17.9 Å². The average molecular weight is 339 g/mol. The van der Waals surface area contributed by atoms with E-state index in [2.05, 4.69) is 17.3 Å². The first kappa shape index (κ1) is 17.4. The van der Waals surface area contributed by atoms with Gasteiger partial charge in [-0.05, 0) is 38.1 Å². The fraction of sp³-hybridized carbons (Fsp3) is 0.375. The molecule has 0 aliphatic carbocycles. The average Bonchev–Trinajstić information content (AvgIpc) is 2.89. The standard InChI is InChI=1S/C16H19FN4O.ClH/c1-11-10-20(8-7-18-11)16(22)15-9-19-21(12(15)2)14-5-3-13(17)4-6-14;/h3-6,9,11,18H,7-8,10H2,1-2H3;1H. The molecule has 1 saturated heterocycles. The third-order valence-electron chi connectivity index (χ3n) is 3.97. The zero-order valence-corrected chi connectivity index (χ0v) is 13.9. The summed E-state index contributed by atoms with van der Waals surface area (Å²) < 4.78 is 14.7. The Morgan fingerprint density at radius 2 is 2.04 bits per heavy atom. The van der Waals surface area contributed by atoms with Gasteiger partial charge < -0.3 is 10.2 Å².